The molecule has 0 bridgehead atoms. The average molecular weight is 1500 g/mol. The van der Waals surface area contributed by atoms with Gasteiger partial charge >= 0.3 is 0 Å². The van der Waals surface area contributed by atoms with Crippen LogP contribution in [-0.2, 0) is 9.59 Å². The zero-order valence-corrected chi connectivity index (χ0v) is 74.4. The normalized spacial score (nSPS) is 46.8. The van der Waals surface area contributed by atoms with E-state index in [1.165, 1.54) is 166 Å². The van der Waals surface area contributed by atoms with Crippen molar-refractivity contribution in [1.82, 2.24) is 0 Å². The highest BCUT2D eigenvalue weighted by Crippen LogP contribution is 2.72. The molecule has 16 aliphatic carbocycles. The summed E-state index contributed by atoms with van der Waals surface area (Å²) in [6.07, 6.45) is 60.7. The summed E-state index contributed by atoms with van der Waals surface area (Å²) in [5, 5.41) is 30.7. The topological polar surface area (TPSA) is 94.8 Å². The molecule has 3 N–H and O–H groups in total. The van der Waals surface area contributed by atoms with Gasteiger partial charge < -0.3 is 15.3 Å². The Morgan fingerprint density at radius 1 is 0.376 bits per heavy atom. The maximum Gasteiger partial charge on any atom is 0.155 e. The monoisotopic (exact) mass is 1500 g/mol. The largest absolute Gasteiger partial charge is 0.393 e. The van der Waals surface area contributed by atoms with Crippen LogP contribution < -0.4 is 0 Å². The molecule has 12 saturated carbocycles. The second-order valence-corrected chi connectivity index (χ2v) is 46.1. The lowest BCUT2D eigenvalue weighted by Crippen LogP contribution is -2.50. The van der Waals surface area contributed by atoms with Crippen LogP contribution in [0.3, 0.4) is 0 Å². The smallest absolute Gasteiger partial charge is 0.155 e. The van der Waals surface area contributed by atoms with Gasteiger partial charge in [0.1, 0.15) is 5.78 Å². The van der Waals surface area contributed by atoms with Crippen molar-refractivity contribution in [3.63, 3.8) is 0 Å². The second kappa shape index (κ2) is 33.0. The number of rotatable bonds is 15. The third-order valence-electron chi connectivity index (χ3n) is 40.6. The Morgan fingerprint density at radius 3 is 1.22 bits per heavy atom. The van der Waals surface area contributed by atoms with Crippen LogP contribution in [0.4, 0.5) is 0 Å². The van der Waals surface area contributed by atoms with Crippen molar-refractivity contribution < 1.29 is 24.9 Å². The van der Waals surface area contributed by atoms with E-state index >= 15 is 0 Å². The molecule has 17 unspecified atom stereocenters. The minimum atomic E-state index is -0.0866. The van der Waals surface area contributed by atoms with E-state index in [9.17, 15) is 24.9 Å². The first kappa shape index (κ1) is 84.8. The quantitative estimate of drug-likeness (QED) is 0.142. The van der Waals surface area contributed by atoms with Gasteiger partial charge in [0.15, 0.2) is 5.78 Å². The molecule has 16 rings (SSSR count). The summed E-state index contributed by atoms with van der Waals surface area (Å²) in [7, 11) is 0. The maximum absolute atomic E-state index is 12.4. The van der Waals surface area contributed by atoms with Crippen molar-refractivity contribution >= 4 is 11.6 Å². The standard InChI is InChI=1S/C29H50O.C28H48O.C28H46O.C19H26O2/c1-7-21(19(2)3)9-8-20(4)25-12-13-26-24-11-10-22-18-23(30)14-16-28(22,5)27(24)15-17-29(25,26)6;2*1-18(2)19(3)7-8-20(4)24-11-12-25-23-10-9-21-17-22(29)13-15-27(21,5)26(23)14-16-28(24,25)6;1-18-9-7-13(20)11-12(18)3-4-14-15-5-6-17(21)19(15,2)10-8-16(14)18/h10,19-21,23-27,30H,7-9,11-18H2,1-6H3;9,18-20,22-26,29H,7-8,10-17H2,1-6H3;7-9,18-20,22-26,29H,10-17H2,1-6H3;11,14-16H,3-10H2,1-2H3/b;;8-7+;/t20?,21?,23-,24?,25+,26?,27?,28-,29+;19?,20?,22-,23?,24+,25?,26?,27-,28+;19-,20?,22+,23?,24-,25?,26?,27+,28-;14?,15?,16?,18-,19-/m0010/s1. The highest BCUT2D eigenvalue weighted by Gasteiger charge is 2.64. The lowest BCUT2D eigenvalue weighted by atomic mass is 9.47. The molecule has 32 atom stereocenters. The number of hydrogen-bond donors (Lipinski definition) is 3. The molecular formula is C104H170O5. The third-order valence-corrected chi connectivity index (χ3v) is 40.6. The highest BCUT2D eigenvalue weighted by atomic mass is 16.3. The van der Waals surface area contributed by atoms with E-state index in [2.05, 4.69) is 169 Å². The summed E-state index contributed by atoms with van der Waals surface area (Å²) >= 11 is 0. The molecule has 0 aromatic heterocycles. The van der Waals surface area contributed by atoms with Crippen molar-refractivity contribution in [2.24, 2.45) is 185 Å². The number of aliphatic hydroxyl groups excluding tert-OH is 3. The molecular weight excluding hydrogens is 1330 g/mol. The lowest BCUT2D eigenvalue weighted by Gasteiger charge is -2.58. The van der Waals surface area contributed by atoms with E-state index in [1.54, 1.807) is 16.7 Å². The number of aliphatic hydroxyl groups is 3. The summed E-state index contributed by atoms with van der Waals surface area (Å²) in [5.41, 5.74) is 9.32. The van der Waals surface area contributed by atoms with Crippen LogP contribution in [0.1, 0.15) is 376 Å². The Kier molecular flexibility index (Phi) is 25.7. The highest BCUT2D eigenvalue weighted by molar-refractivity contribution is 5.91. The first-order valence-corrected chi connectivity index (χ1v) is 48.1. The summed E-state index contributed by atoms with van der Waals surface area (Å²) in [4.78, 5) is 24.1. The predicted octanol–water partition coefficient (Wildman–Crippen LogP) is 27.2. The van der Waals surface area contributed by atoms with Gasteiger partial charge in [-0.2, -0.15) is 0 Å². The summed E-state index contributed by atoms with van der Waals surface area (Å²) in [5.74, 6) is 21.1. The third kappa shape index (κ3) is 15.6. The average Bonchev–Trinajstić information content (AvgIpc) is 1.73. The van der Waals surface area contributed by atoms with Gasteiger partial charge in [-0.25, -0.2) is 0 Å². The molecule has 5 nitrogen and oxygen atoms in total. The number of ketones is 2. The number of carbonyl (C=O) groups is 2. The molecule has 16 aliphatic rings. The molecule has 5 heteroatoms. The van der Waals surface area contributed by atoms with Crippen molar-refractivity contribution in [1.29, 1.82) is 0 Å². The number of allylic oxidation sites excluding steroid dienone is 6. The molecule has 0 amide bonds. The zero-order chi connectivity index (χ0) is 78.5. The summed E-state index contributed by atoms with van der Waals surface area (Å²) in [6, 6.07) is 0. The van der Waals surface area contributed by atoms with Crippen LogP contribution >= 0.6 is 0 Å². The van der Waals surface area contributed by atoms with Crippen LogP contribution in [0.25, 0.3) is 0 Å². The SMILES string of the molecule is CC(C)C(C)CCC(C)[C@H]1CCC2C3CC=C4C[C@@H](O)CC[C@]4(C)C3CC[C@@]21C.CC(C)[C@H](C)/C=C/C(C)[C@H]1CCC2C3CC=C4C[C@@H](O)CC[C@]4(C)C3CC[C@@]21C.CCC(CCC(C)[C@H]1CCC2C3CC=C4C[C@@H](O)CC[C@]4(C)C3CC[C@@]21C)C(C)C.C[C@]12CCC(=O)C=C1CCC1C2CC[C@]2(C)C(=O)CCC12. The van der Waals surface area contributed by atoms with Crippen LogP contribution in [0, 0.1) is 185 Å². The van der Waals surface area contributed by atoms with Crippen molar-refractivity contribution in [2.75, 3.05) is 0 Å². The fourth-order valence-corrected chi connectivity index (χ4v) is 32.6. The molecule has 12 fully saturated rings. The Balaban J connectivity index is 0.000000129. The first-order chi connectivity index (χ1) is 51.5. The molecule has 0 aromatic rings. The molecule has 109 heavy (non-hydrogen) atoms. The number of hydrogen-bond acceptors (Lipinski definition) is 5. The Morgan fingerprint density at radius 2 is 0.780 bits per heavy atom. The Bertz CT molecular complexity index is 3320. The molecule has 616 valence electrons. The van der Waals surface area contributed by atoms with Gasteiger partial charge in [-0.15, -0.1) is 0 Å². The number of fused-ring (bicyclic) bond motifs is 20. The molecule has 0 spiro atoms. The van der Waals surface area contributed by atoms with Crippen LogP contribution in [0.15, 0.2) is 58.7 Å². The minimum Gasteiger partial charge on any atom is -0.393 e. The van der Waals surface area contributed by atoms with Crippen molar-refractivity contribution in [2.45, 2.75) is 394 Å². The van der Waals surface area contributed by atoms with Gasteiger partial charge in [-0.05, 0) is 385 Å². The molecule has 0 radical (unpaired) electrons. The fourth-order valence-electron chi connectivity index (χ4n) is 32.6. The van der Waals surface area contributed by atoms with Crippen LogP contribution in [0.2, 0.25) is 0 Å². The predicted molar refractivity (Wildman–Crippen MR) is 457 cm³/mol. The van der Waals surface area contributed by atoms with Crippen LogP contribution in [0.5, 0.6) is 0 Å². The first-order valence-electron chi connectivity index (χ1n) is 48.1. The van der Waals surface area contributed by atoms with E-state index in [4.69, 9.17) is 0 Å². The van der Waals surface area contributed by atoms with Crippen molar-refractivity contribution in [3.05, 3.63) is 58.7 Å². The fraction of sp³-hybridized carbons (Fsp3) is 0.885. The van der Waals surface area contributed by atoms with E-state index in [0.717, 1.165) is 189 Å². The number of carbonyl (C=O) groups excluding carboxylic acids is 2. The minimum absolute atomic E-state index is 0.0246. The van der Waals surface area contributed by atoms with Gasteiger partial charge in [-0.1, -0.05) is 217 Å². The molecule has 0 aliphatic heterocycles. The summed E-state index contributed by atoms with van der Waals surface area (Å²) < 4.78 is 0. The van der Waals surface area contributed by atoms with E-state index < -0.39 is 0 Å². The zero-order valence-electron chi connectivity index (χ0n) is 74.4. The van der Waals surface area contributed by atoms with Crippen LogP contribution in [-0.4, -0.2) is 45.2 Å². The van der Waals surface area contributed by atoms with Gasteiger partial charge in [0.25, 0.3) is 0 Å². The Hall–Kier alpha value is -2.08. The summed E-state index contributed by atoms with van der Waals surface area (Å²) in [6.45, 7) is 49.6. The van der Waals surface area contributed by atoms with E-state index in [1.807, 2.05) is 6.08 Å². The van der Waals surface area contributed by atoms with Gasteiger partial charge in [0.2, 0.25) is 0 Å². The van der Waals surface area contributed by atoms with Gasteiger partial charge in [-0.3, -0.25) is 9.59 Å². The second-order valence-electron chi connectivity index (χ2n) is 46.1. The molecule has 0 heterocycles. The van der Waals surface area contributed by atoms with E-state index in [-0.39, 0.29) is 29.1 Å². The van der Waals surface area contributed by atoms with E-state index in [0.29, 0.717) is 73.6 Å². The van der Waals surface area contributed by atoms with Gasteiger partial charge in [0.05, 0.1) is 18.3 Å². The number of Topliss-reactive ketones (excluding diaryl/α,β-unsaturated/α-hetero) is 1. The molecule has 0 saturated heterocycles. The van der Waals surface area contributed by atoms with Gasteiger partial charge in [0, 0.05) is 18.3 Å². The van der Waals surface area contributed by atoms with Crippen molar-refractivity contribution in [3.8, 4) is 0 Å². The lowest BCUT2D eigenvalue weighted by molar-refractivity contribution is -0.132. The maximum atomic E-state index is 12.4. The Labute approximate surface area is 671 Å². The molecule has 0 aromatic carbocycles.